The Morgan fingerprint density at radius 3 is 2.62 bits per heavy atom. The molecule has 0 aromatic heterocycles. The van der Waals surface area contributed by atoms with Crippen LogP contribution in [0.25, 0.3) is 6.08 Å². The zero-order chi connectivity index (χ0) is 12.0. The number of carbonyl (C=O) groups is 1. The van der Waals surface area contributed by atoms with Crippen LogP contribution < -0.4 is 0 Å². The number of rotatable bonds is 4. The van der Waals surface area contributed by atoms with Gasteiger partial charge in [-0.15, -0.1) is 0 Å². The van der Waals surface area contributed by atoms with Gasteiger partial charge in [0.15, 0.2) is 0 Å². The first-order valence-electron chi connectivity index (χ1n) is 5.31. The second-order valence-corrected chi connectivity index (χ2v) is 3.27. The van der Waals surface area contributed by atoms with Crippen LogP contribution in [0.1, 0.15) is 25.8 Å². The summed E-state index contributed by atoms with van der Waals surface area (Å²) in [5.41, 5.74) is 0.888. The van der Waals surface area contributed by atoms with E-state index in [1.54, 1.807) is 25.1 Å². The maximum atomic E-state index is 13.3. The highest BCUT2D eigenvalue weighted by molar-refractivity contribution is 5.93. The lowest BCUT2D eigenvalue weighted by molar-refractivity contribution is -0.138. The van der Waals surface area contributed by atoms with Crippen molar-refractivity contribution < 1.29 is 13.9 Å². The summed E-state index contributed by atoms with van der Waals surface area (Å²) in [6, 6.07) is 6.34. The number of ether oxygens (including phenoxy) is 1. The van der Waals surface area contributed by atoms with E-state index in [1.807, 2.05) is 6.92 Å². The zero-order valence-corrected chi connectivity index (χ0v) is 9.50. The molecule has 0 heterocycles. The molecule has 1 aromatic carbocycles. The van der Waals surface area contributed by atoms with Gasteiger partial charge in [0.05, 0.1) is 6.61 Å². The lowest BCUT2D eigenvalue weighted by Gasteiger charge is -2.04. The fourth-order valence-corrected chi connectivity index (χ4v) is 1.31. The number of halogens is 1. The molecule has 0 fully saturated rings. The van der Waals surface area contributed by atoms with Gasteiger partial charge < -0.3 is 4.74 Å². The van der Waals surface area contributed by atoms with Crippen LogP contribution in [-0.4, -0.2) is 12.6 Å². The fraction of sp³-hybridized carbons (Fsp3) is 0.308. The van der Waals surface area contributed by atoms with Gasteiger partial charge in [-0.2, -0.15) is 0 Å². The van der Waals surface area contributed by atoms with Crippen molar-refractivity contribution >= 4 is 12.0 Å². The number of hydrogen-bond donors (Lipinski definition) is 0. The molecule has 0 aliphatic carbocycles. The predicted octanol–water partition coefficient (Wildman–Crippen LogP) is 3.18. The number of carbonyl (C=O) groups excluding carboxylic acids is 1. The van der Waals surface area contributed by atoms with Crippen molar-refractivity contribution in [2.24, 2.45) is 0 Å². The Bertz CT molecular complexity index is 397. The summed E-state index contributed by atoms with van der Waals surface area (Å²) in [5.74, 6) is -0.717. The van der Waals surface area contributed by atoms with Crippen LogP contribution >= 0.6 is 0 Å². The molecule has 16 heavy (non-hydrogen) atoms. The molecule has 3 heteroatoms. The minimum Gasteiger partial charge on any atom is -0.463 e. The summed E-state index contributed by atoms with van der Waals surface area (Å²) in [6.45, 7) is 3.91. The first-order chi connectivity index (χ1) is 7.69. The van der Waals surface area contributed by atoms with Gasteiger partial charge in [0.25, 0.3) is 0 Å². The average molecular weight is 222 g/mol. The standard InChI is InChI=1S/C13H15FO2/c1-3-10(13(15)16-4-2)9-11-7-5-6-8-12(11)14/h5-9H,3-4H2,1-2H3. The van der Waals surface area contributed by atoms with Crippen LogP contribution in [0.4, 0.5) is 4.39 Å². The van der Waals surface area contributed by atoms with Gasteiger partial charge in [-0.1, -0.05) is 25.1 Å². The summed E-state index contributed by atoms with van der Waals surface area (Å²) in [4.78, 5) is 11.5. The van der Waals surface area contributed by atoms with Gasteiger partial charge in [-0.05, 0) is 25.5 Å². The molecule has 0 saturated carbocycles. The second kappa shape index (κ2) is 6.05. The van der Waals surface area contributed by atoms with Crippen LogP contribution in [0.5, 0.6) is 0 Å². The molecule has 0 atom stereocenters. The highest BCUT2D eigenvalue weighted by atomic mass is 19.1. The van der Waals surface area contributed by atoms with Crippen LogP contribution in [0.2, 0.25) is 0 Å². The Morgan fingerprint density at radius 2 is 2.06 bits per heavy atom. The van der Waals surface area contributed by atoms with Crippen molar-refractivity contribution in [3.05, 3.63) is 41.2 Å². The van der Waals surface area contributed by atoms with E-state index in [4.69, 9.17) is 4.74 Å². The van der Waals surface area contributed by atoms with Crippen LogP contribution in [0.15, 0.2) is 29.8 Å². The van der Waals surface area contributed by atoms with Crippen LogP contribution in [0, 0.1) is 5.82 Å². The molecule has 0 bridgehead atoms. The van der Waals surface area contributed by atoms with Crippen molar-refractivity contribution in [1.29, 1.82) is 0 Å². The zero-order valence-electron chi connectivity index (χ0n) is 9.50. The summed E-state index contributed by atoms with van der Waals surface area (Å²) in [7, 11) is 0. The molecule has 0 aliphatic rings. The summed E-state index contributed by atoms with van der Waals surface area (Å²) in [6.07, 6.45) is 2.06. The summed E-state index contributed by atoms with van der Waals surface area (Å²) < 4.78 is 18.2. The van der Waals surface area contributed by atoms with E-state index in [0.717, 1.165) is 0 Å². The molecule has 0 aliphatic heterocycles. The molecule has 2 nitrogen and oxygen atoms in total. The molecule has 0 unspecified atom stereocenters. The molecular formula is C13H15FO2. The normalized spacial score (nSPS) is 11.3. The van der Waals surface area contributed by atoms with E-state index in [0.29, 0.717) is 24.2 Å². The number of hydrogen-bond acceptors (Lipinski definition) is 2. The van der Waals surface area contributed by atoms with Crippen LogP contribution in [-0.2, 0) is 9.53 Å². The quantitative estimate of drug-likeness (QED) is 0.577. The molecule has 1 rings (SSSR count). The summed E-state index contributed by atoms with van der Waals surface area (Å²) >= 11 is 0. The Hall–Kier alpha value is -1.64. The first-order valence-corrected chi connectivity index (χ1v) is 5.31. The van der Waals surface area contributed by atoms with E-state index in [2.05, 4.69) is 0 Å². The Balaban J connectivity index is 2.96. The van der Waals surface area contributed by atoms with E-state index in [1.165, 1.54) is 12.1 Å². The van der Waals surface area contributed by atoms with Crippen molar-refractivity contribution in [2.45, 2.75) is 20.3 Å². The third-order valence-electron chi connectivity index (χ3n) is 2.15. The minimum absolute atomic E-state index is 0.327. The van der Waals surface area contributed by atoms with Crippen LogP contribution in [0.3, 0.4) is 0 Å². The van der Waals surface area contributed by atoms with Gasteiger partial charge in [0.1, 0.15) is 5.82 Å². The molecule has 1 aromatic rings. The second-order valence-electron chi connectivity index (χ2n) is 3.27. The third kappa shape index (κ3) is 3.19. The Kier molecular flexibility index (Phi) is 4.70. The van der Waals surface area contributed by atoms with E-state index < -0.39 is 0 Å². The molecule has 0 spiro atoms. The van der Waals surface area contributed by atoms with Gasteiger partial charge in [0, 0.05) is 11.1 Å². The van der Waals surface area contributed by atoms with Gasteiger partial charge >= 0.3 is 5.97 Å². The fourth-order valence-electron chi connectivity index (χ4n) is 1.31. The maximum Gasteiger partial charge on any atom is 0.333 e. The van der Waals surface area contributed by atoms with Crippen molar-refractivity contribution in [3.63, 3.8) is 0 Å². The lowest BCUT2D eigenvalue weighted by Crippen LogP contribution is -2.06. The molecule has 86 valence electrons. The third-order valence-corrected chi connectivity index (χ3v) is 2.15. The van der Waals surface area contributed by atoms with E-state index in [9.17, 15) is 9.18 Å². The molecule has 0 N–H and O–H groups in total. The van der Waals surface area contributed by atoms with Crippen molar-refractivity contribution in [3.8, 4) is 0 Å². The van der Waals surface area contributed by atoms with E-state index >= 15 is 0 Å². The van der Waals surface area contributed by atoms with Gasteiger partial charge in [0.2, 0.25) is 0 Å². The lowest BCUT2D eigenvalue weighted by atomic mass is 10.1. The van der Waals surface area contributed by atoms with E-state index in [-0.39, 0.29) is 11.8 Å². The van der Waals surface area contributed by atoms with Crippen molar-refractivity contribution in [1.82, 2.24) is 0 Å². The minimum atomic E-state index is -0.381. The highest BCUT2D eigenvalue weighted by Crippen LogP contribution is 2.14. The first kappa shape index (κ1) is 12.4. The maximum absolute atomic E-state index is 13.3. The van der Waals surface area contributed by atoms with Gasteiger partial charge in [-0.25, -0.2) is 9.18 Å². The molecule has 0 amide bonds. The largest absolute Gasteiger partial charge is 0.463 e. The monoisotopic (exact) mass is 222 g/mol. The van der Waals surface area contributed by atoms with Gasteiger partial charge in [-0.3, -0.25) is 0 Å². The SMILES string of the molecule is CCOC(=O)C(=Cc1ccccc1F)CC. The average Bonchev–Trinajstić information content (AvgIpc) is 2.28. The summed E-state index contributed by atoms with van der Waals surface area (Å²) in [5, 5.41) is 0. The Labute approximate surface area is 94.7 Å². The van der Waals surface area contributed by atoms with Crippen molar-refractivity contribution in [2.75, 3.05) is 6.61 Å². The Morgan fingerprint density at radius 1 is 1.38 bits per heavy atom. The molecule has 0 saturated heterocycles. The molecule has 0 radical (unpaired) electrons. The molecular weight excluding hydrogens is 207 g/mol. The predicted molar refractivity (Wildman–Crippen MR) is 61.3 cm³/mol. The topological polar surface area (TPSA) is 26.3 Å². The number of esters is 1. The smallest absolute Gasteiger partial charge is 0.333 e. The highest BCUT2D eigenvalue weighted by Gasteiger charge is 2.09. The number of benzene rings is 1.